The first-order valence-electron chi connectivity index (χ1n) is 5.67. The van der Waals surface area contributed by atoms with E-state index in [-0.39, 0.29) is 5.56 Å². The average Bonchev–Trinajstić information content (AvgIpc) is 2.41. The van der Waals surface area contributed by atoms with Gasteiger partial charge >= 0.3 is 5.97 Å². The highest BCUT2D eigenvalue weighted by molar-refractivity contribution is 6.33. The van der Waals surface area contributed by atoms with Crippen LogP contribution in [0.5, 0.6) is 0 Å². The van der Waals surface area contributed by atoms with Crippen molar-refractivity contribution in [2.24, 2.45) is 5.73 Å². The number of carboxylic acids is 1. The minimum Gasteiger partial charge on any atom is -0.478 e. The Bertz CT molecular complexity index is 669. The maximum absolute atomic E-state index is 11.0. The van der Waals surface area contributed by atoms with E-state index in [2.05, 4.69) is 5.32 Å². The summed E-state index contributed by atoms with van der Waals surface area (Å²) in [5.41, 5.74) is 6.95. The van der Waals surface area contributed by atoms with Crippen molar-refractivity contribution < 1.29 is 14.7 Å². The van der Waals surface area contributed by atoms with E-state index >= 15 is 0 Å². The first-order valence-corrected chi connectivity index (χ1v) is 6.05. The molecular formula is C14H11ClN2O3. The van der Waals surface area contributed by atoms with Gasteiger partial charge in [-0.15, -0.1) is 0 Å². The van der Waals surface area contributed by atoms with Gasteiger partial charge in [0.25, 0.3) is 0 Å². The predicted molar refractivity (Wildman–Crippen MR) is 76.7 cm³/mol. The smallest absolute Gasteiger partial charge is 0.335 e. The van der Waals surface area contributed by atoms with Crippen LogP contribution in [0.4, 0.5) is 11.4 Å². The van der Waals surface area contributed by atoms with E-state index in [9.17, 15) is 9.59 Å². The lowest BCUT2D eigenvalue weighted by molar-refractivity contribution is 0.0696. The Balaban J connectivity index is 2.21. The summed E-state index contributed by atoms with van der Waals surface area (Å²) in [5, 5.41) is 12.2. The SMILES string of the molecule is NC(=O)c1ccc(Nc2ccc(C(=O)O)cc2Cl)cc1. The number of halogens is 1. The molecule has 0 radical (unpaired) electrons. The largest absolute Gasteiger partial charge is 0.478 e. The summed E-state index contributed by atoms with van der Waals surface area (Å²) in [5.74, 6) is -1.54. The zero-order chi connectivity index (χ0) is 14.7. The Morgan fingerprint density at radius 1 is 1.05 bits per heavy atom. The van der Waals surface area contributed by atoms with Crippen LogP contribution in [0.15, 0.2) is 42.5 Å². The third kappa shape index (κ3) is 3.07. The second kappa shape index (κ2) is 5.63. The van der Waals surface area contributed by atoms with Crippen molar-refractivity contribution in [2.75, 3.05) is 5.32 Å². The number of hydrogen-bond donors (Lipinski definition) is 3. The van der Waals surface area contributed by atoms with Crippen LogP contribution in [-0.4, -0.2) is 17.0 Å². The molecule has 1 amide bonds. The van der Waals surface area contributed by atoms with Gasteiger partial charge in [-0.3, -0.25) is 4.79 Å². The first kappa shape index (κ1) is 13.9. The van der Waals surface area contributed by atoms with Crippen LogP contribution in [0, 0.1) is 0 Å². The zero-order valence-corrected chi connectivity index (χ0v) is 11.0. The minimum atomic E-state index is -1.04. The van der Waals surface area contributed by atoms with Crippen LogP contribution in [0.2, 0.25) is 5.02 Å². The number of nitrogens with two attached hydrogens (primary N) is 1. The fourth-order valence-corrected chi connectivity index (χ4v) is 1.85. The Kier molecular flexibility index (Phi) is 3.91. The van der Waals surface area contributed by atoms with Gasteiger partial charge in [0.05, 0.1) is 16.3 Å². The molecule has 0 atom stereocenters. The zero-order valence-electron chi connectivity index (χ0n) is 10.3. The van der Waals surface area contributed by atoms with Gasteiger partial charge in [-0.05, 0) is 42.5 Å². The second-order valence-corrected chi connectivity index (χ2v) is 4.47. The van der Waals surface area contributed by atoms with E-state index in [0.29, 0.717) is 22.0 Å². The van der Waals surface area contributed by atoms with Crippen molar-refractivity contribution >= 4 is 34.9 Å². The standard InChI is InChI=1S/C14H11ClN2O3/c15-11-7-9(14(19)20)3-6-12(11)17-10-4-1-8(2-5-10)13(16)18/h1-7,17H,(H2,16,18)(H,19,20). The number of carbonyl (C=O) groups excluding carboxylic acids is 1. The number of primary amides is 1. The molecule has 0 aliphatic carbocycles. The Labute approximate surface area is 120 Å². The predicted octanol–water partition coefficient (Wildman–Crippen LogP) is 2.88. The quantitative estimate of drug-likeness (QED) is 0.807. The van der Waals surface area contributed by atoms with Crippen LogP contribution in [-0.2, 0) is 0 Å². The number of amides is 1. The van der Waals surface area contributed by atoms with Crippen LogP contribution < -0.4 is 11.1 Å². The summed E-state index contributed by atoms with van der Waals surface area (Å²) in [6.07, 6.45) is 0. The molecule has 0 saturated heterocycles. The number of hydrogen-bond acceptors (Lipinski definition) is 3. The molecule has 0 unspecified atom stereocenters. The number of benzene rings is 2. The number of nitrogens with one attached hydrogen (secondary N) is 1. The molecule has 0 bridgehead atoms. The molecule has 4 N–H and O–H groups in total. The van der Waals surface area contributed by atoms with Gasteiger partial charge in [0.2, 0.25) is 5.91 Å². The van der Waals surface area contributed by atoms with E-state index < -0.39 is 11.9 Å². The lowest BCUT2D eigenvalue weighted by Crippen LogP contribution is -2.10. The third-order valence-electron chi connectivity index (χ3n) is 2.66. The fraction of sp³-hybridized carbons (Fsp3) is 0. The van der Waals surface area contributed by atoms with Crippen LogP contribution in [0.1, 0.15) is 20.7 Å². The van der Waals surface area contributed by atoms with Gasteiger partial charge in [-0.25, -0.2) is 4.79 Å². The molecule has 0 aromatic heterocycles. The summed E-state index contributed by atoms with van der Waals surface area (Å²) >= 11 is 6.01. The summed E-state index contributed by atoms with van der Waals surface area (Å²) < 4.78 is 0. The van der Waals surface area contributed by atoms with Crippen molar-refractivity contribution in [3.05, 3.63) is 58.6 Å². The van der Waals surface area contributed by atoms with Gasteiger partial charge in [-0.1, -0.05) is 11.6 Å². The number of anilines is 2. The average molecular weight is 291 g/mol. The van der Waals surface area contributed by atoms with Crippen molar-refractivity contribution in [1.82, 2.24) is 0 Å². The molecule has 2 rings (SSSR count). The number of carboxylic acid groups (broad SMARTS) is 1. The third-order valence-corrected chi connectivity index (χ3v) is 2.98. The summed E-state index contributed by atoms with van der Waals surface area (Å²) in [7, 11) is 0. The number of carbonyl (C=O) groups is 2. The first-order chi connectivity index (χ1) is 9.47. The molecule has 0 heterocycles. The highest BCUT2D eigenvalue weighted by atomic mass is 35.5. The molecule has 20 heavy (non-hydrogen) atoms. The molecule has 0 spiro atoms. The molecule has 102 valence electrons. The number of rotatable bonds is 4. The van der Waals surface area contributed by atoms with Crippen molar-refractivity contribution in [2.45, 2.75) is 0 Å². The van der Waals surface area contributed by atoms with Crippen molar-refractivity contribution in [3.63, 3.8) is 0 Å². The van der Waals surface area contributed by atoms with Crippen molar-refractivity contribution in [1.29, 1.82) is 0 Å². The molecule has 0 fully saturated rings. The maximum atomic E-state index is 11.0. The second-order valence-electron chi connectivity index (χ2n) is 4.07. The molecule has 0 aliphatic rings. The van der Waals surface area contributed by atoms with Gasteiger partial charge in [-0.2, -0.15) is 0 Å². The molecule has 0 saturated carbocycles. The summed E-state index contributed by atoms with van der Waals surface area (Å²) in [4.78, 5) is 21.8. The molecule has 6 heteroatoms. The van der Waals surface area contributed by atoms with Crippen LogP contribution in [0.25, 0.3) is 0 Å². The molecule has 2 aromatic rings. The lowest BCUT2D eigenvalue weighted by Gasteiger charge is -2.09. The maximum Gasteiger partial charge on any atom is 0.335 e. The monoisotopic (exact) mass is 290 g/mol. The summed E-state index contributed by atoms with van der Waals surface area (Å²) in [6, 6.07) is 10.9. The van der Waals surface area contributed by atoms with Crippen molar-refractivity contribution in [3.8, 4) is 0 Å². The molecular weight excluding hydrogens is 280 g/mol. The Morgan fingerprint density at radius 2 is 1.65 bits per heavy atom. The topological polar surface area (TPSA) is 92.4 Å². The summed E-state index contributed by atoms with van der Waals surface area (Å²) in [6.45, 7) is 0. The molecule has 0 aliphatic heterocycles. The fourth-order valence-electron chi connectivity index (χ4n) is 1.62. The Hall–Kier alpha value is -2.53. The van der Waals surface area contributed by atoms with Gasteiger partial charge in [0.1, 0.15) is 0 Å². The van der Waals surface area contributed by atoms with E-state index in [4.69, 9.17) is 22.4 Å². The minimum absolute atomic E-state index is 0.115. The van der Waals surface area contributed by atoms with E-state index in [1.807, 2.05) is 0 Å². The van der Waals surface area contributed by atoms with Gasteiger partial charge < -0.3 is 16.2 Å². The van der Waals surface area contributed by atoms with Gasteiger partial charge in [0.15, 0.2) is 0 Å². The van der Waals surface area contributed by atoms with E-state index in [1.54, 1.807) is 30.3 Å². The number of aromatic carboxylic acids is 1. The highest BCUT2D eigenvalue weighted by Crippen LogP contribution is 2.26. The normalized spacial score (nSPS) is 10.1. The Morgan fingerprint density at radius 3 is 2.15 bits per heavy atom. The van der Waals surface area contributed by atoms with E-state index in [0.717, 1.165) is 0 Å². The van der Waals surface area contributed by atoms with Crippen LogP contribution >= 0.6 is 11.6 Å². The van der Waals surface area contributed by atoms with E-state index in [1.165, 1.54) is 12.1 Å². The molecule has 5 nitrogen and oxygen atoms in total. The highest BCUT2D eigenvalue weighted by Gasteiger charge is 2.07. The molecule has 2 aromatic carbocycles. The van der Waals surface area contributed by atoms with Crippen LogP contribution in [0.3, 0.4) is 0 Å². The lowest BCUT2D eigenvalue weighted by atomic mass is 10.1. The van der Waals surface area contributed by atoms with Gasteiger partial charge in [0, 0.05) is 11.3 Å².